The monoisotopic (exact) mass is 589 g/mol. The first-order valence-corrected chi connectivity index (χ1v) is 15.8. The molecule has 0 amide bonds. The molecule has 0 spiro atoms. The molecule has 3 aromatic rings. The standard InChI is InChI=1S/C35H46ClN4S/c1-8-21-39(28(3)12-11-22-37(4)5)24-23-38(6)35-20-18-32(41-35)14-10-9-13-29-25-31(17-15-27(29)2)40(7)33-19-16-30(36)26-34(33)40/h8,11-12,15-20,25-26H,1,3,9-10,13-14,21-24H2,2,4-7H3/q+1/b12-11+. The maximum atomic E-state index is 6.25. The van der Waals surface area contributed by atoms with E-state index in [1.807, 2.05) is 23.5 Å². The second kappa shape index (κ2) is 13.9. The van der Waals surface area contributed by atoms with Gasteiger partial charge in [0.05, 0.1) is 12.0 Å². The van der Waals surface area contributed by atoms with Gasteiger partial charge in [0.2, 0.25) is 11.4 Å². The zero-order valence-electron chi connectivity index (χ0n) is 25.5. The van der Waals surface area contributed by atoms with Crippen LogP contribution in [-0.4, -0.2) is 64.2 Å². The van der Waals surface area contributed by atoms with Gasteiger partial charge in [0.1, 0.15) is 5.69 Å². The molecule has 1 aliphatic heterocycles. The Morgan fingerprint density at radius 2 is 1.73 bits per heavy atom. The van der Waals surface area contributed by atoms with Crippen LogP contribution in [0.25, 0.3) is 0 Å². The van der Waals surface area contributed by atoms with Crippen molar-refractivity contribution in [1.29, 1.82) is 0 Å². The maximum Gasteiger partial charge on any atom is 0.206 e. The van der Waals surface area contributed by atoms with E-state index in [2.05, 4.69) is 118 Å². The van der Waals surface area contributed by atoms with Crippen molar-refractivity contribution in [2.75, 3.05) is 59.3 Å². The molecule has 1 aromatic heterocycles. The second-order valence-corrected chi connectivity index (χ2v) is 13.1. The Hall–Kier alpha value is -2.83. The number of hydrogen-bond acceptors (Lipinski definition) is 4. The molecule has 0 radical (unpaired) electrons. The van der Waals surface area contributed by atoms with Gasteiger partial charge in [0.25, 0.3) is 0 Å². The molecule has 0 fully saturated rings. The molecule has 2 heterocycles. The first kappa shape index (κ1) is 31.1. The SMILES string of the molecule is C=CCN(CCN(C)c1ccc(CCCCc2cc([N+]3(C)c4ccc(Cl)cc43)ccc2C)s1)C(=C)/C=C/CN(C)C. The van der Waals surface area contributed by atoms with Crippen LogP contribution in [0.15, 0.2) is 85.6 Å². The maximum absolute atomic E-state index is 6.25. The summed E-state index contributed by atoms with van der Waals surface area (Å²) >= 11 is 8.17. The first-order chi connectivity index (χ1) is 19.6. The Labute approximate surface area is 257 Å². The van der Waals surface area contributed by atoms with Gasteiger partial charge in [0.15, 0.2) is 0 Å². The number of hydrogen-bond donors (Lipinski definition) is 0. The molecule has 41 heavy (non-hydrogen) atoms. The van der Waals surface area contributed by atoms with Crippen molar-refractivity contribution in [3.05, 3.63) is 107 Å². The lowest BCUT2D eigenvalue weighted by Gasteiger charge is -2.27. The predicted molar refractivity (Wildman–Crippen MR) is 183 cm³/mol. The summed E-state index contributed by atoms with van der Waals surface area (Å²) in [6.07, 6.45) is 10.9. The summed E-state index contributed by atoms with van der Waals surface area (Å²) in [5.41, 5.74) is 7.85. The summed E-state index contributed by atoms with van der Waals surface area (Å²) in [6.45, 7) is 14.0. The van der Waals surface area contributed by atoms with Crippen molar-refractivity contribution < 1.29 is 0 Å². The molecule has 0 aliphatic carbocycles. The van der Waals surface area contributed by atoms with E-state index in [1.54, 1.807) is 0 Å². The summed E-state index contributed by atoms with van der Waals surface area (Å²) in [5, 5.41) is 2.14. The van der Waals surface area contributed by atoms with Crippen LogP contribution in [0.2, 0.25) is 5.02 Å². The smallest absolute Gasteiger partial charge is 0.206 e. The lowest BCUT2D eigenvalue weighted by molar-refractivity contribution is 0.400. The van der Waals surface area contributed by atoms with Crippen LogP contribution in [0.3, 0.4) is 0 Å². The molecule has 4 rings (SSSR count). The van der Waals surface area contributed by atoms with Crippen LogP contribution in [0, 0.1) is 6.92 Å². The van der Waals surface area contributed by atoms with Gasteiger partial charge in [-0.25, -0.2) is 4.48 Å². The third-order valence-corrected chi connectivity index (χ3v) is 9.58. The number of aryl methyl sites for hydroxylation is 3. The molecule has 1 aliphatic rings. The Balaban J connectivity index is 1.25. The summed E-state index contributed by atoms with van der Waals surface area (Å²) in [4.78, 5) is 8.26. The van der Waals surface area contributed by atoms with Gasteiger partial charge in [-0.3, -0.25) is 0 Å². The number of anilines is 1. The fourth-order valence-corrected chi connectivity index (χ4v) is 6.54. The van der Waals surface area contributed by atoms with E-state index in [0.717, 1.165) is 54.2 Å². The molecule has 0 bridgehead atoms. The summed E-state index contributed by atoms with van der Waals surface area (Å²) in [7, 11) is 8.60. The van der Waals surface area contributed by atoms with Crippen molar-refractivity contribution >= 4 is 45.0 Å². The predicted octanol–water partition coefficient (Wildman–Crippen LogP) is 8.74. The first-order valence-electron chi connectivity index (χ1n) is 14.6. The fraction of sp³-hybridized carbons (Fsp3) is 0.371. The molecule has 6 heteroatoms. The van der Waals surface area contributed by atoms with E-state index < -0.39 is 0 Å². The van der Waals surface area contributed by atoms with Gasteiger partial charge in [-0.1, -0.05) is 36.4 Å². The van der Waals surface area contributed by atoms with E-state index in [9.17, 15) is 0 Å². The van der Waals surface area contributed by atoms with Crippen molar-refractivity contribution in [3.63, 3.8) is 0 Å². The highest BCUT2D eigenvalue weighted by Crippen LogP contribution is 2.61. The average molecular weight is 590 g/mol. The molecular weight excluding hydrogens is 544 g/mol. The molecule has 1 unspecified atom stereocenters. The number of allylic oxidation sites excluding steroid dienone is 1. The number of thiophene rings is 1. The molecule has 2 aromatic carbocycles. The number of unbranched alkanes of at least 4 members (excludes halogenated alkanes) is 1. The number of fused-ring (bicyclic) bond motifs is 1. The average Bonchev–Trinajstić information content (AvgIpc) is 3.27. The van der Waals surface area contributed by atoms with Crippen LogP contribution in [0.1, 0.15) is 28.8 Å². The molecule has 0 N–H and O–H groups in total. The summed E-state index contributed by atoms with van der Waals surface area (Å²) in [5.74, 6) is 0. The minimum absolute atomic E-state index is 0.776. The third kappa shape index (κ3) is 7.72. The van der Waals surface area contributed by atoms with E-state index in [4.69, 9.17) is 11.6 Å². The number of benzene rings is 2. The molecular formula is C35H46ClN4S+. The van der Waals surface area contributed by atoms with Crippen molar-refractivity contribution in [2.45, 2.75) is 32.6 Å². The zero-order valence-corrected chi connectivity index (χ0v) is 27.1. The number of rotatable bonds is 16. The zero-order chi connectivity index (χ0) is 29.6. The molecule has 0 saturated heterocycles. The van der Waals surface area contributed by atoms with Gasteiger partial charge >= 0.3 is 0 Å². The van der Waals surface area contributed by atoms with E-state index in [-0.39, 0.29) is 0 Å². The highest BCUT2D eigenvalue weighted by molar-refractivity contribution is 7.16. The Morgan fingerprint density at radius 3 is 2.46 bits per heavy atom. The molecule has 218 valence electrons. The topological polar surface area (TPSA) is 9.72 Å². The van der Waals surface area contributed by atoms with Crippen LogP contribution in [0.5, 0.6) is 0 Å². The second-order valence-electron chi connectivity index (χ2n) is 11.5. The number of likely N-dealkylation sites (N-methyl/N-ethyl adjacent to an activating group) is 2. The third-order valence-electron chi connectivity index (χ3n) is 8.08. The van der Waals surface area contributed by atoms with Gasteiger partial charge in [-0.2, -0.15) is 0 Å². The van der Waals surface area contributed by atoms with Gasteiger partial charge in [-0.15, -0.1) is 17.9 Å². The Bertz CT molecular complexity index is 1390. The van der Waals surface area contributed by atoms with Crippen LogP contribution in [-0.2, 0) is 12.8 Å². The Kier molecular flexibility index (Phi) is 10.5. The highest BCUT2D eigenvalue weighted by Gasteiger charge is 2.51. The normalized spacial score (nSPS) is 15.8. The van der Waals surface area contributed by atoms with Gasteiger partial charge in [0, 0.05) is 73.1 Å². The van der Waals surface area contributed by atoms with Crippen molar-refractivity contribution in [3.8, 4) is 0 Å². The van der Waals surface area contributed by atoms with E-state index in [1.165, 1.54) is 50.9 Å². The van der Waals surface area contributed by atoms with Crippen molar-refractivity contribution in [2.24, 2.45) is 0 Å². The van der Waals surface area contributed by atoms with Crippen LogP contribution in [0.4, 0.5) is 22.1 Å². The summed E-state index contributed by atoms with van der Waals surface area (Å²) in [6, 6.07) is 17.8. The minimum Gasteiger partial charge on any atom is -0.367 e. The molecule has 1 atom stereocenters. The van der Waals surface area contributed by atoms with E-state index >= 15 is 0 Å². The number of halogens is 1. The lowest BCUT2D eigenvalue weighted by Crippen LogP contribution is -2.32. The van der Waals surface area contributed by atoms with Gasteiger partial charge < -0.3 is 14.7 Å². The van der Waals surface area contributed by atoms with Crippen LogP contribution >= 0.6 is 22.9 Å². The quantitative estimate of drug-likeness (QED) is 0.0543. The minimum atomic E-state index is 0.776. The lowest BCUT2D eigenvalue weighted by atomic mass is 10.0. The highest BCUT2D eigenvalue weighted by atomic mass is 35.5. The van der Waals surface area contributed by atoms with Crippen LogP contribution < -0.4 is 9.38 Å². The Morgan fingerprint density at radius 1 is 0.951 bits per heavy atom. The molecule has 4 nitrogen and oxygen atoms in total. The van der Waals surface area contributed by atoms with Gasteiger partial charge in [-0.05, 0) is 82.1 Å². The van der Waals surface area contributed by atoms with Crippen molar-refractivity contribution in [1.82, 2.24) is 14.3 Å². The van der Waals surface area contributed by atoms with E-state index in [0.29, 0.717) is 0 Å². The number of quaternary nitrogens is 1. The fourth-order valence-electron chi connectivity index (χ4n) is 5.34. The molecule has 0 saturated carbocycles. The number of nitrogens with zero attached hydrogens (tertiary/aromatic N) is 4. The largest absolute Gasteiger partial charge is 0.367 e. The summed E-state index contributed by atoms with van der Waals surface area (Å²) < 4.78 is 0.776.